The fourth-order valence-electron chi connectivity index (χ4n) is 4.09. The number of likely N-dealkylation sites (tertiary alicyclic amines) is 1. The van der Waals surface area contributed by atoms with Crippen molar-refractivity contribution < 1.29 is 27.1 Å². The van der Waals surface area contributed by atoms with E-state index in [1.54, 1.807) is 17.2 Å². The molecule has 0 spiro atoms. The van der Waals surface area contributed by atoms with E-state index < -0.39 is 6.36 Å². The Hall–Kier alpha value is -3.86. The van der Waals surface area contributed by atoms with Gasteiger partial charge in [-0.3, -0.25) is 4.90 Å². The highest BCUT2D eigenvalue weighted by Gasteiger charge is 2.31. The molecular weight excluding hydrogens is 475 g/mol. The minimum Gasteiger partial charge on any atom is -0.490 e. The first-order valence-corrected chi connectivity index (χ1v) is 11.5. The van der Waals surface area contributed by atoms with Crippen molar-refractivity contribution in [3.63, 3.8) is 0 Å². The molecule has 1 aliphatic rings. The van der Waals surface area contributed by atoms with Crippen LogP contribution in [0.1, 0.15) is 24.3 Å². The van der Waals surface area contributed by atoms with Crippen molar-refractivity contribution in [1.82, 2.24) is 24.9 Å². The van der Waals surface area contributed by atoms with Gasteiger partial charge in [0.05, 0.1) is 23.8 Å². The fourth-order valence-corrected chi connectivity index (χ4v) is 4.09. The van der Waals surface area contributed by atoms with Crippen molar-refractivity contribution in [1.29, 1.82) is 0 Å². The van der Waals surface area contributed by atoms with Crippen LogP contribution in [0.25, 0.3) is 17.1 Å². The normalized spacial score (nSPS) is 15.2. The van der Waals surface area contributed by atoms with Gasteiger partial charge in [-0.1, -0.05) is 0 Å². The lowest BCUT2D eigenvalue weighted by Gasteiger charge is -2.31. The van der Waals surface area contributed by atoms with Gasteiger partial charge in [-0.2, -0.15) is 15.0 Å². The van der Waals surface area contributed by atoms with E-state index in [2.05, 4.69) is 19.8 Å². The third kappa shape index (κ3) is 5.85. The van der Waals surface area contributed by atoms with E-state index in [1.807, 2.05) is 31.2 Å². The van der Waals surface area contributed by atoms with Crippen molar-refractivity contribution in [2.24, 2.45) is 0 Å². The molecule has 2 aromatic heterocycles. The SMILES string of the molecule is Cc1oc(-c2ccc(-n3nccn3)cc2)nc1CN1CCC(Oc2ccc(OC(F)(F)F)cc2)CC1. The highest BCUT2D eigenvalue weighted by atomic mass is 19.4. The maximum atomic E-state index is 12.3. The number of alkyl halides is 3. The Kier molecular flexibility index (Phi) is 6.64. The molecule has 0 unspecified atom stereocenters. The molecule has 11 heteroatoms. The molecule has 36 heavy (non-hydrogen) atoms. The molecule has 3 heterocycles. The summed E-state index contributed by atoms with van der Waals surface area (Å²) in [7, 11) is 0. The topological polar surface area (TPSA) is 78.4 Å². The van der Waals surface area contributed by atoms with Crippen LogP contribution in [0.15, 0.2) is 65.3 Å². The van der Waals surface area contributed by atoms with E-state index in [4.69, 9.17) is 14.1 Å². The summed E-state index contributed by atoms with van der Waals surface area (Å²) in [6, 6.07) is 13.2. The summed E-state index contributed by atoms with van der Waals surface area (Å²) in [4.78, 5) is 8.55. The smallest absolute Gasteiger partial charge is 0.490 e. The number of ether oxygens (including phenoxy) is 2. The van der Waals surface area contributed by atoms with E-state index in [-0.39, 0.29) is 11.9 Å². The van der Waals surface area contributed by atoms with Gasteiger partial charge in [0, 0.05) is 25.2 Å². The van der Waals surface area contributed by atoms with E-state index in [0.29, 0.717) is 18.2 Å². The van der Waals surface area contributed by atoms with Crippen LogP contribution in [-0.4, -0.2) is 50.4 Å². The predicted molar refractivity (Wildman–Crippen MR) is 124 cm³/mol. The predicted octanol–water partition coefficient (Wildman–Crippen LogP) is 5.17. The molecule has 1 fully saturated rings. The quantitative estimate of drug-likeness (QED) is 0.347. The van der Waals surface area contributed by atoms with Crippen molar-refractivity contribution in [3.8, 4) is 28.6 Å². The zero-order chi connectivity index (χ0) is 25.1. The molecule has 1 saturated heterocycles. The molecule has 0 aliphatic carbocycles. The molecule has 4 aromatic rings. The van der Waals surface area contributed by atoms with Gasteiger partial charge in [0.25, 0.3) is 0 Å². The largest absolute Gasteiger partial charge is 0.573 e. The Morgan fingerprint density at radius 2 is 1.58 bits per heavy atom. The van der Waals surface area contributed by atoms with Crippen LogP contribution < -0.4 is 9.47 Å². The number of oxazole rings is 1. The first-order chi connectivity index (χ1) is 17.3. The highest BCUT2D eigenvalue weighted by molar-refractivity contribution is 5.56. The van der Waals surface area contributed by atoms with Crippen LogP contribution in [0, 0.1) is 6.92 Å². The molecule has 0 amide bonds. The second kappa shape index (κ2) is 10.0. The van der Waals surface area contributed by atoms with Crippen LogP contribution in [0.2, 0.25) is 0 Å². The minimum absolute atomic E-state index is 0.00704. The Morgan fingerprint density at radius 3 is 2.22 bits per heavy atom. The Balaban J connectivity index is 1.13. The standard InChI is InChI=1S/C25H24F3N5O3/c1-17-23(31-24(34-17)18-2-4-19(5-3-18)33-29-12-13-30-33)16-32-14-10-21(11-15-32)35-20-6-8-22(9-7-20)36-25(26,27)28/h2-9,12-13,21H,10-11,14-16H2,1H3. The molecule has 0 bridgehead atoms. The van der Waals surface area contributed by atoms with E-state index in [0.717, 1.165) is 48.6 Å². The summed E-state index contributed by atoms with van der Waals surface area (Å²) in [6.07, 6.45) is 0.136. The average Bonchev–Trinajstić information content (AvgIpc) is 3.51. The van der Waals surface area contributed by atoms with Crippen LogP contribution in [0.4, 0.5) is 13.2 Å². The maximum Gasteiger partial charge on any atom is 0.573 e. The van der Waals surface area contributed by atoms with Crippen molar-refractivity contribution in [3.05, 3.63) is 72.4 Å². The fraction of sp³-hybridized carbons (Fsp3) is 0.320. The summed E-state index contributed by atoms with van der Waals surface area (Å²) >= 11 is 0. The zero-order valence-corrected chi connectivity index (χ0v) is 19.5. The van der Waals surface area contributed by atoms with Gasteiger partial charge in [-0.25, -0.2) is 4.98 Å². The highest BCUT2D eigenvalue weighted by Crippen LogP contribution is 2.27. The van der Waals surface area contributed by atoms with Crippen molar-refractivity contribution >= 4 is 0 Å². The van der Waals surface area contributed by atoms with Crippen LogP contribution in [0.5, 0.6) is 11.5 Å². The molecule has 0 saturated carbocycles. The average molecular weight is 499 g/mol. The molecule has 5 rings (SSSR count). The number of hydrogen-bond donors (Lipinski definition) is 0. The summed E-state index contributed by atoms with van der Waals surface area (Å²) in [6.45, 7) is 4.21. The number of rotatable bonds is 7. The maximum absolute atomic E-state index is 12.3. The molecule has 8 nitrogen and oxygen atoms in total. The van der Waals surface area contributed by atoms with Gasteiger partial charge in [0.2, 0.25) is 5.89 Å². The molecular formula is C25H24F3N5O3. The van der Waals surface area contributed by atoms with Gasteiger partial charge >= 0.3 is 6.36 Å². The van der Waals surface area contributed by atoms with Gasteiger partial charge in [-0.15, -0.1) is 13.2 Å². The van der Waals surface area contributed by atoms with Crippen LogP contribution in [0.3, 0.4) is 0 Å². The second-order valence-electron chi connectivity index (χ2n) is 8.50. The molecule has 0 atom stereocenters. The monoisotopic (exact) mass is 499 g/mol. The van der Waals surface area contributed by atoms with Crippen LogP contribution >= 0.6 is 0 Å². The third-order valence-corrected chi connectivity index (χ3v) is 5.92. The van der Waals surface area contributed by atoms with E-state index >= 15 is 0 Å². The number of halogens is 3. The second-order valence-corrected chi connectivity index (χ2v) is 8.50. The number of benzene rings is 2. The molecule has 1 aliphatic heterocycles. The first-order valence-electron chi connectivity index (χ1n) is 11.5. The number of nitrogens with zero attached hydrogens (tertiary/aromatic N) is 5. The van der Waals surface area contributed by atoms with Gasteiger partial charge in [0.1, 0.15) is 23.4 Å². The molecule has 188 valence electrons. The molecule has 2 aromatic carbocycles. The number of hydrogen-bond acceptors (Lipinski definition) is 7. The van der Waals surface area contributed by atoms with Gasteiger partial charge in [0.15, 0.2) is 0 Å². The minimum atomic E-state index is -4.71. The van der Waals surface area contributed by atoms with Crippen molar-refractivity contribution in [2.75, 3.05) is 13.1 Å². The number of aryl methyl sites for hydroxylation is 1. The lowest BCUT2D eigenvalue weighted by atomic mass is 10.1. The number of piperidine rings is 1. The lowest BCUT2D eigenvalue weighted by Crippen LogP contribution is -2.38. The number of aromatic nitrogens is 4. The van der Waals surface area contributed by atoms with E-state index in [9.17, 15) is 13.2 Å². The lowest BCUT2D eigenvalue weighted by molar-refractivity contribution is -0.274. The third-order valence-electron chi connectivity index (χ3n) is 5.92. The summed E-state index contributed by atoms with van der Waals surface area (Å²) in [5, 5.41) is 8.25. The summed E-state index contributed by atoms with van der Waals surface area (Å²) in [5.74, 6) is 1.60. The molecule has 0 N–H and O–H groups in total. The van der Waals surface area contributed by atoms with E-state index in [1.165, 1.54) is 24.3 Å². The summed E-state index contributed by atoms with van der Waals surface area (Å²) in [5.41, 5.74) is 2.62. The Labute approximate surface area is 205 Å². The Morgan fingerprint density at radius 1 is 0.944 bits per heavy atom. The molecule has 0 radical (unpaired) electrons. The Bertz CT molecular complexity index is 1260. The van der Waals surface area contributed by atoms with Gasteiger partial charge < -0.3 is 13.9 Å². The van der Waals surface area contributed by atoms with Crippen molar-refractivity contribution in [2.45, 2.75) is 38.8 Å². The zero-order valence-electron chi connectivity index (χ0n) is 19.5. The summed E-state index contributed by atoms with van der Waals surface area (Å²) < 4.78 is 52.7. The first kappa shape index (κ1) is 23.9. The van der Waals surface area contributed by atoms with Gasteiger partial charge in [-0.05, 0) is 68.3 Å². The van der Waals surface area contributed by atoms with Crippen LogP contribution in [-0.2, 0) is 6.54 Å².